The standard InChI is InChI=1S/C20H24N2O5/c1-20(2,3)27-19(25)22-9-7-16(11-17(22)18(23)24)26-15-5-4-14-12-21-8-6-13(14)10-15/h4-6,8,10,12,16-17H,7,9,11H2,1-3H3,(H,23,24)/t16-,17-/m1/s1. The lowest BCUT2D eigenvalue weighted by atomic mass is 9.99. The van der Waals surface area contributed by atoms with Crippen molar-refractivity contribution in [2.75, 3.05) is 6.54 Å². The van der Waals surface area contributed by atoms with Crippen molar-refractivity contribution in [3.63, 3.8) is 0 Å². The normalized spacial score (nSPS) is 20.3. The van der Waals surface area contributed by atoms with E-state index < -0.39 is 23.7 Å². The highest BCUT2D eigenvalue weighted by atomic mass is 16.6. The third-order valence-corrected chi connectivity index (χ3v) is 4.38. The number of likely N-dealkylation sites (tertiary alicyclic amines) is 1. The Labute approximate surface area is 157 Å². The number of piperidine rings is 1. The molecule has 3 rings (SSSR count). The lowest BCUT2D eigenvalue weighted by molar-refractivity contribution is -0.145. The summed E-state index contributed by atoms with van der Waals surface area (Å²) in [4.78, 5) is 29.4. The number of fused-ring (bicyclic) bond motifs is 1. The van der Waals surface area contributed by atoms with Gasteiger partial charge in [0.15, 0.2) is 0 Å². The van der Waals surface area contributed by atoms with E-state index in [2.05, 4.69) is 4.98 Å². The number of aromatic nitrogens is 1. The minimum atomic E-state index is -1.06. The fourth-order valence-corrected chi connectivity index (χ4v) is 3.14. The Bertz CT molecular complexity index is 846. The summed E-state index contributed by atoms with van der Waals surface area (Å²) in [6.45, 7) is 5.54. The van der Waals surface area contributed by atoms with E-state index in [4.69, 9.17) is 9.47 Å². The predicted octanol–water partition coefficient (Wildman–Crippen LogP) is 3.47. The molecule has 1 amide bonds. The topological polar surface area (TPSA) is 89.0 Å². The zero-order valence-corrected chi connectivity index (χ0v) is 15.7. The van der Waals surface area contributed by atoms with Crippen molar-refractivity contribution in [1.29, 1.82) is 0 Å². The van der Waals surface area contributed by atoms with Crippen molar-refractivity contribution in [2.45, 2.75) is 51.4 Å². The van der Waals surface area contributed by atoms with Crippen molar-refractivity contribution in [2.24, 2.45) is 0 Å². The summed E-state index contributed by atoms with van der Waals surface area (Å²) in [5.74, 6) is -0.382. The number of hydrogen-bond donors (Lipinski definition) is 1. The summed E-state index contributed by atoms with van der Waals surface area (Å²) >= 11 is 0. The Balaban J connectivity index is 1.70. The first-order valence-electron chi connectivity index (χ1n) is 8.96. The first kappa shape index (κ1) is 18.9. The van der Waals surface area contributed by atoms with Crippen LogP contribution in [0.15, 0.2) is 36.7 Å². The quantitative estimate of drug-likeness (QED) is 0.887. The molecule has 1 fully saturated rings. The van der Waals surface area contributed by atoms with Crippen LogP contribution in [0.4, 0.5) is 4.79 Å². The Kier molecular flexibility index (Phi) is 5.21. The van der Waals surface area contributed by atoms with Crippen LogP contribution < -0.4 is 4.74 Å². The maximum absolute atomic E-state index is 12.3. The van der Waals surface area contributed by atoms with Crippen molar-refractivity contribution < 1.29 is 24.2 Å². The second-order valence-electron chi connectivity index (χ2n) is 7.68. The van der Waals surface area contributed by atoms with Crippen molar-refractivity contribution in [3.05, 3.63) is 36.7 Å². The van der Waals surface area contributed by atoms with Crippen LogP contribution in [0, 0.1) is 0 Å². The van der Waals surface area contributed by atoms with Gasteiger partial charge in [0.05, 0.1) is 0 Å². The van der Waals surface area contributed by atoms with Gasteiger partial charge in [-0.1, -0.05) is 0 Å². The summed E-state index contributed by atoms with van der Waals surface area (Å²) in [5, 5.41) is 11.6. The maximum atomic E-state index is 12.3. The van der Waals surface area contributed by atoms with E-state index in [9.17, 15) is 14.7 Å². The molecule has 0 spiro atoms. The highest BCUT2D eigenvalue weighted by Crippen LogP contribution is 2.27. The summed E-state index contributed by atoms with van der Waals surface area (Å²) in [7, 11) is 0. The minimum absolute atomic E-state index is 0.211. The number of ether oxygens (including phenoxy) is 2. The Morgan fingerprint density at radius 3 is 2.70 bits per heavy atom. The van der Waals surface area contributed by atoms with Crippen LogP contribution in [-0.4, -0.2) is 51.3 Å². The number of carbonyl (C=O) groups excluding carboxylic acids is 1. The fraction of sp³-hybridized carbons (Fsp3) is 0.450. The zero-order valence-electron chi connectivity index (χ0n) is 15.7. The largest absolute Gasteiger partial charge is 0.490 e. The highest BCUT2D eigenvalue weighted by molar-refractivity contribution is 5.83. The highest BCUT2D eigenvalue weighted by Gasteiger charge is 2.39. The van der Waals surface area contributed by atoms with Gasteiger partial charge in [-0.15, -0.1) is 0 Å². The fourth-order valence-electron chi connectivity index (χ4n) is 3.14. The van der Waals surface area contributed by atoms with Gasteiger partial charge >= 0.3 is 12.1 Å². The van der Waals surface area contributed by atoms with Crippen LogP contribution in [-0.2, 0) is 9.53 Å². The van der Waals surface area contributed by atoms with Gasteiger partial charge in [0, 0.05) is 37.2 Å². The van der Waals surface area contributed by atoms with Gasteiger partial charge in [0.1, 0.15) is 23.5 Å². The molecule has 0 radical (unpaired) electrons. The molecule has 1 aromatic heterocycles. The predicted molar refractivity (Wildman–Crippen MR) is 99.8 cm³/mol. The lowest BCUT2D eigenvalue weighted by Gasteiger charge is -2.37. The molecule has 1 aliphatic heterocycles. The van der Waals surface area contributed by atoms with Gasteiger partial charge in [0.25, 0.3) is 0 Å². The first-order valence-corrected chi connectivity index (χ1v) is 8.96. The summed E-state index contributed by atoms with van der Waals surface area (Å²) in [6, 6.07) is 6.60. The van der Waals surface area contributed by atoms with Gasteiger partial charge in [-0.2, -0.15) is 0 Å². The third-order valence-electron chi connectivity index (χ3n) is 4.38. The van der Waals surface area contributed by atoms with E-state index in [1.165, 1.54) is 4.90 Å². The molecule has 0 unspecified atom stereocenters. The van der Waals surface area contributed by atoms with Gasteiger partial charge in [0.2, 0.25) is 0 Å². The Morgan fingerprint density at radius 2 is 2.00 bits per heavy atom. The average molecular weight is 372 g/mol. The number of rotatable bonds is 3. The number of aliphatic carboxylic acids is 1. The number of benzene rings is 1. The van der Waals surface area contributed by atoms with Crippen molar-refractivity contribution in [1.82, 2.24) is 9.88 Å². The molecule has 0 saturated carbocycles. The van der Waals surface area contributed by atoms with Crippen LogP contribution in [0.2, 0.25) is 0 Å². The molecule has 27 heavy (non-hydrogen) atoms. The molecule has 1 aliphatic rings. The first-order chi connectivity index (χ1) is 12.7. The zero-order chi connectivity index (χ0) is 19.6. The number of carboxylic acid groups (broad SMARTS) is 1. The summed E-state index contributed by atoms with van der Waals surface area (Å²) in [5.41, 5.74) is -0.673. The van der Waals surface area contributed by atoms with Crippen LogP contribution in [0.25, 0.3) is 10.8 Å². The lowest BCUT2D eigenvalue weighted by Crippen LogP contribution is -2.53. The van der Waals surface area contributed by atoms with Crippen molar-refractivity contribution >= 4 is 22.8 Å². The van der Waals surface area contributed by atoms with Gasteiger partial charge in [-0.05, 0) is 50.4 Å². The second-order valence-corrected chi connectivity index (χ2v) is 7.68. The number of amides is 1. The molecule has 1 saturated heterocycles. The molecule has 1 N–H and O–H groups in total. The number of carboxylic acids is 1. The Hall–Kier alpha value is -2.83. The number of carbonyl (C=O) groups is 2. The van der Waals surface area contributed by atoms with Crippen LogP contribution in [0.3, 0.4) is 0 Å². The molecule has 7 nitrogen and oxygen atoms in total. The van der Waals surface area contributed by atoms with E-state index in [0.717, 1.165) is 10.8 Å². The number of nitrogens with zero attached hydrogens (tertiary/aromatic N) is 2. The molecule has 0 aliphatic carbocycles. The molecule has 0 bridgehead atoms. The third kappa shape index (κ3) is 4.67. The van der Waals surface area contributed by atoms with Crippen molar-refractivity contribution in [3.8, 4) is 5.75 Å². The molecule has 7 heteroatoms. The van der Waals surface area contributed by atoms with Gasteiger partial charge in [-0.25, -0.2) is 9.59 Å². The summed E-state index contributed by atoms with van der Waals surface area (Å²) < 4.78 is 11.3. The van der Waals surface area contributed by atoms with E-state index in [1.807, 2.05) is 24.3 Å². The molecular weight excluding hydrogens is 348 g/mol. The molecular formula is C20H24N2O5. The minimum Gasteiger partial charge on any atom is -0.490 e. The number of pyridine rings is 1. The van der Waals surface area contributed by atoms with Crippen LogP contribution in [0.5, 0.6) is 5.75 Å². The van der Waals surface area contributed by atoms with E-state index in [-0.39, 0.29) is 19.1 Å². The molecule has 1 aromatic carbocycles. The number of hydrogen-bond acceptors (Lipinski definition) is 5. The SMILES string of the molecule is CC(C)(C)OC(=O)N1CC[C@@H](Oc2ccc3cnccc3c2)C[C@@H]1C(=O)O. The monoisotopic (exact) mass is 372 g/mol. The molecule has 144 valence electrons. The van der Waals surface area contributed by atoms with E-state index >= 15 is 0 Å². The Morgan fingerprint density at radius 1 is 1.22 bits per heavy atom. The molecule has 2 atom stereocenters. The maximum Gasteiger partial charge on any atom is 0.411 e. The van der Waals surface area contributed by atoms with Crippen LogP contribution >= 0.6 is 0 Å². The second kappa shape index (κ2) is 7.42. The summed E-state index contributed by atoms with van der Waals surface area (Å²) in [6.07, 6.45) is 3.35. The molecule has 2 heterocycles. The van der Waals surface area contributed by atoms with Gasteiger partial charge in [-0.3, -0.25) is 9.88 Å². The van der Waals surface area contributed by atoms with E-state index in [1.54, 1.807) is 33.2 Å². The van der Waals surface area contributed by atoms with Crippen LogP contribution in [0.1, 0.15) is 33.6 Å². The smallest absolute Gasteiger partial charge is 0.411 e. The van der Waals surface area contributed by atoms with E-state index in [0.29, 0.717) is 12.2 Å². The average Bonchev–Trinajstić information content (AvgIpc) is 2.60. The van der Waals surface area contributed by atoms with Gasteiger partial charge < -0.3 is 14.6 Å². The molecule has 2 aromatic rings.